The molecule has 0 amide bonds. The molecule has 124 heavy (non-hydrogen) atoms. The van der Waals surface area contributed by atoms with Gasteiger partial charge in [0.05, 0.1) is 73.1 Å². The molecule has 0 saturated carbocycles. The van der Waals surface area contributed by atoms with Gasteiger partial charge in [0, 0.05) is 183 Å². The number of hydrogen-bond acceptors (Lipinski definition) is 12. The van der Waals surface area contributed by atoms with Crippen molar-refractivity contribution in [2.45, 2.75) is 51.4 Å². The second kappa shape index (κ2) is 24.7. The molecule has 0 aliphatic heterocycles. The molecular formula is C108H64N16. The van der Waals surface area contributed by atoms with Gasteiger partial charge in [-0.3, -0.25) is 57.5 Å². The van der Waals surface area contributed by atoms with Crippen molar-refractivity contribution < 1.29 is 0 Å². The maximum absolute atomic E-state index is 5.28. The summed E-state index contributed by atoms with van der Waals surface area (Å²) in [4.78, 5) is 56.8. The molecule has 0 spiro atoms. The summed E-state index contributed by atoms with van der Waals surface area (Å²) in [5.74, 6) is 0. The third-order valence-electron chi connectivity index (χ3n) is 27.9. The van der Waals surface area contributed by atoms with Crippen molar-refractivity contribution in [3.05, 3.63) is 383 Å². The lowest BCUT2D eigenvalue weighted by Gasteiger charge is -2.10. The van der Waals surface area contributed by atoms with Crippen LogP contribution in [0, 0.1) is 0 Å². The summed E-state index contributed by atoms with van der Waals surface area (Å²) in [5.41, 5.74) is 52.9. The standard InChI is InChI=1S/4C27H16N4/c1-2-5-18-15(4-1)12-16-7-8-17-13-22-26(24(17)23(16)18)30-27-19-6-3-10-29-25(19)20-14-28-11-9-21(20)31(22)27;1-2-5-18-15(4-1)12-16-7-8-17-13-22-26(24(17)23(16)18)30-27-25-19(6-3-10-29-25)20-14-28-11-9-21(20)31(22)27;1-2-4-18-15(3-1)11-16-5-6-17-12-23-26(25(17)24(16)18)30-27-19-7-9-28-13-20(19)21-14-29-10-8-22(21)31(23)27;1-2-4-18-15(3-1)11-16-5-6-17-12-23-26(25(17)24(16)18)30-27-21-14-28-9-7-19(21)20-13-29-10-8-22(20)31(23)27/h2*1-11,14H,12-13H2;2*1-10,13-14H,11-12H2. The van der Waals surface area contributed by atoms with Crippen molar-refractivity contribution in [1.82, 2.24) is 77.4 Å². The average Bonchev–Trinajstić information content (AvgIpc) is 1.55. The zero-order chi connectivity index (χ0) is 80.4. The van der Waals surface area contributed by atoms with Gasteiger partial charge in [0.25, 0.3) is 0 Å². The topological polar surface area (TPSA) is 172 Å². The first-order valence-corrected chi connectivity index (χ1v) is 42.5. The molecule has 8 aliphatic carbocycles. The van der Waals surface area contributed by atoms with Crippen molar-refractivity contribution in [1.29, 1.82) is 0 Å². The summed E-state index contributed by atoms with van der Waals surface area (Å²) in [7, 11) is 0. The van der Waals surface area contributed by atoms with Gasteiger partial charge in [0.1, 0.15) is 22.5 Å². The number of rotatable bonds is 0. The van der Waals surface area contributed by atoms with E-state index >= 15 is 0 Å². The summed E-state index contributed by atoms with van der Waals surface area (Å²) in [5, 5.41) is 11.1. The smallest absolute Gasteiger partial charge is 0.164 e. The predicted molar refractivity (Wildman–Crippen MR) is 489 cm³/mol. The van der Waals surface area contributed by atoms with E-state index in [0.717, 1.165) is 184 Å². The van der Waals surface area contributed by atoms with Crippen LogP contribution in [0.5, 0.6) is 0 Å². The second-order valence-corrected chi connectivity index (χ2v) is 34.1. The molecule has 576 valence electrons. The van der Waals surface area contributed by atoms with Gasteiger partial charge in [-0.05, 0) is 197 Å². The number of fused-ring (bicyclic) bond motifs is 56. The van der Waals surface area contributed by atoms with Crippen LogP contribution in [0.25, 0.3) is 199 Å². The zero-order valence-corrected chi connectivity index (χ0v) is 66.5. The van der Waals surface area contributed by atoms with Gasteiger partial charge in [-0.25, -0.2) is 19.9 Å². The SMILES string of the molecule is c1ccc2c(c1)Cc1ccc3c(c1-2)-c1nc2c4cccnc4c4cnccc4n2c1C3.c1ccc2c(c1)Cc1ccc3c(c1-2)-c1nc2c4ccncc4c4cnccc4n2c1C3.c1ccc2c(c1)Cc1ccc3c(c1-2)-c1nc2c4cnccc4c4cnccc4n2c1C3.c1ccc2c(c1)Cc1ccc3c(c1-2)-c1nc2c4ncccc4c4cnccc4n2c1C3. The first-order valence-electron chi connectivity index (χ1n) is 42.5. The lowest BCUT2D eigenvalue weighted by atomic mass is 9.96. The molecule has 8 aromatic carbocycles. The quantitative estimate of drug-likeness (QED) is 0.132. The highest BCUT2D eigenvalue weighted by atomic mass is 15.1. The number of imidazole rings is 4. The van der Waals surface area contributed by atoms with Gasteiger partial charge in [0.15, 0.2) is 5.65 Å². The van der Waals surface area contributed by atoms with Crippen LogP contribution >= 0.6 is 0 Å². The van der Waals surface area contributed by atoms with Gasteiger partial charge < -0.3 is 0 Å². The molecule has 0 bridgehead atoms. The molecule has 0 unspecified atom stereocenters. The van der Waals surface area contributed by atoms with Gasteiger partial charge in [0.2, 0.25) is 0 Å². The molecule has 0 N–H and O–H groups in total. The van der Waals surface area contributed by atoms with Crippen molar-refractivity contribution in [2.75, 3.05) is 0 Å². The highest BCUT2D eigenvalue weighted by molar-refractivity contribution is 6.16. The Morgan fingerprint density at radius 3 is 0.911 bits per heavy atom. The number of nitrogens with zero attached hydrogens (tertiary/aromatic N) is 16. The summed E-state index contributed by atoms with van der Waals surface area (Å²) in [6.07, 6.45) is 34.1. The predicted octanol–water partition coefficient (Wildman–Crippen LogP) is 22.3. The Morgan fingerprint density at radius 1 is 0.185 bits per heavy atom. The fourth-order valence-corrected chi connectivity index (χ4v) is 22.8. The first kappa shape index (κ1) is 66.7. The Morgan fingerprint density at radius 2 is 0.484 bits per heavy atom. The fraction of sp³-hybridized carbons (Fsp3) is 0.0741. The van der Waals surface area contributed by atoms with E-state index in [1.807, 2.05) is 98.9 Å². The van der Waals surface area contributed by atoms with Crippen LogP contribution in [0.2, 0.25) is 0 Å². The Labute approximate surface area is 706 Å². The Balaban J connectivity index is 0.0000000828. The third-order valence-corrected chi connectivity index (χ3v) is 27.9. The molecule has 0 atom stereocenters. The van der Waals surface area contributed by atoms with Gasteiger partial charge in [-0.2, -0.15) is 0 Å². The van der Waals surface area contributed by atoms with Crippen LogP contribution in [0.1, 0.15) is 89.5 Å². The van der Waals surface area contributed by atoms with E-state index in [2.05, 4.69) is 247 Å². The van der Waals surface area contributed by atoms with E-state index in [1.165, 1.54) is 156 Å². The molecule has 24 aromatic rings. The second-order valence-electron chi connectivity index (χ2n) is 34.1. The molecule has 16 heteroatoms. The number of benzene rings is 8. The van der Waals surface area contributed by atoms with E-state index in [4.69, 9.17) is 24.9 Å². The monoisotopic (exact) mass is 1580 g/mol. The minimum Gasteiger partial charge on any atom is -0.295 e. The van der Waals surface area contributed by atoms with Gasteiger partial charge in [-0.15, -0.1) is 0 Å². The molecular weight excluding hydrogens is 1520 g/mol. The van der Waals surface area contributed by atoms with Gasteiger partial charge >= 0.3 is 0 Å². The molecule has 32 rings (SSSR count). The Kier molecular flexibility index (Phi) is 13.3. The molecule has 8 aliphatic rings. The first-order chi connectivity index (χ1) is 61.5. The lowest BCUT2D eigenvalue weighted by molar-refractivity contribution is 1.09. The molecule has 16 aromatic heterocycles. The molecule has 16 nitrogen and oxygen atoms in total. The van der Waals surface area contributed by atoms with E-state index in [9.17, 15) is 0 Å². The molecule has 0 fully saturated rings. The van der Waals surface area contributed by atoms with Crippen LogP contribution < -0.4 is 0 Å². The fourth-order valence-electron chi connectivity index (χ4n) is 22.8. The van der Waals surface area contributed by atoms with Crippen LogP contribution in [0.4, 0.5) is 0 Å². The third kappa shape index (κ3) is 8.98. The van der Waals surface area contributed by atoms with E-state index < -0.39 is 0 Å². The van der Waals surface area contributed by atoms with E-state index in [1.54, 1.807) is 0 Å². The van der Waals surface area contributed by atoms with E-state index in [-0.39, 0.29) is 0 Å². The largest absolute Gasteiger partial charge is 0.295 e. The van der Waals surface area contributed by atoms with E-state index in [0.29, 0.717) is 0 Å². The van der Waals surface area contributed by atoms with Crippen molar-refractivity contribution >= 4 is 110 Å². The van der Waals surface area contributed by atoms with Gasteiger partial charge in [-0.1, -0.05) is 152 Å². The average molecular weight is 1590 g/mol. The van der Waals surface area contributed by atoms with Crippen molar-refractivity contribution in [2.24, 2.45) is 0 Å². The maximum atomic E-state index is 5.28. The minimum absolute atomic E-state index is 0.886. The van der Waals surface area contributed by atoms with Crippen molar-refractivity contribution in [3.8, 4) is 89.5 Å². The number of aromatic nitrogens is 16. The molecule has 16 heterocycles. The summed E-state index contributed by atoms with van der Waals surface area (Å²) in [6.45, 7) is 0. The normalized spacial score (nSPS) is 13.5. The maximum Gasteiger partial charge on any atom is 0.164 e. The molecule has 0 saturated heterocycles. The van der Waals surface area contributed by atoms with Crippen LogP contribution in [-0.4, -0.2) is 77.4 Å². The minimum atomic E-state index is 0.886. The molecule has 0 radical (unpaired) electrons. The zero-order valence-electron chi connectivity index (χ0n) is 66.5. The summed E-state index contributed by atoms with van der Waals surface area (Å²) >= 11 is 0. The highest BCUT2D eigenvalue weighted by Gasteiger charge is 2.39. The Bertz CT molecular complexity index is 8010. The Hall–Kier alpha value is -16.2. The van der Waals surface area contributed by atoms with Crippen LogP contribution in [0.15, 0.2) is 293 Å². The summed E-state index contributed by atoms with van der Waals surface area (Å²) in [6, 6.07) is 74.4. The lowest BCUT2D eigenvalue weighted by Crippen LogP contribution is -1.97. The van der Waals surface area contributed by atoms with Crippen LogP contribution in [0.3, 0.4) is 0 Å². The summed E-state index contributed by atoms with van der Waals surface area (Å²) < 4.78 is 9.34. The number of pyridine rings is 12. The number of hydrogen-bond donors (Lipinski definition) is 0. The van der Waals surface area contributed by atoms with Crippen molar-refractivity contribution in [3.63, 3.8) is 0 Å². The van der Waals surface area contributed by atoms with Crippen LogP contribution in [-0.2, 0) is 51.4 Å². The highest BCUT2D eigenvalue weighted by Crippen LogP contribution is 2.56.